The zero-order valence-corrected chi connectivity index (χ0v) is 29.1. The average Bonchev–Trinajstić information content (AvgIpc) is 3.12. The average molecular weight is 809 g/mol. The van der Waals surface area contributed by atoms with Crippen molar-refractivity contribution in [2.24, 2.45) is 0 Å². The van der Waals surface area contributed by atoms with Crippen LogP contribution in [0.1, 0.15) is 0 Å². The van der Waals surface area contributed by atoms with Crippen LogP contribution >= 0.6 is 45.2 Å². The third-order valence-electron chi connectivity index (χ3n) is 9.32. The molecular formula is C44H26I2. The molecule has 0 N–H and O–H groups in total. The molecule has 0 radical (unpaired) electrons. The minimum absolute atomic E-state index is 1.23. The number of benzene rings is 9. The molecule has 0 aromatic heterocycles. The van der Waals surface area contributed by atoms with Crippen molar-refractivity contribution in [3.63, 3.8) is 0 Å². The third-order valence-corrected chi connectivity index (χ3v) is 11.3. The van der Waals surface area contributed by atoms with Crippen molar-refractivity contribution in [1.82, 2.24) is 0 Å². The fraction of sp³-hybridized carbons (Fsp3) is 0. The molecule has 9 rings (SSSR count). The standard InChI is InChI=1S/C44H26I2/c45-35-25-24-33-40-36(28-16-7-2-8-17-28)34(27-14-5-1-6-15-27)26-31-22-13-23-32(37(31)40)41-38(29-18-9-3-10-19-29)39(30-20-11-4-12-21-30)44(46)43(35)42(33)41/h1-26H. The van der Waals surface area contributed by atoms with Crippen LogP contribution in [0.5, 0.6) is 0 Å². The maximum absolute atomic E-state index is 2.63. The molecule has 9 aromatic rings. The Labute approximate surface area is 295 Å². The van der Waals surface area contributed by atoms with E-state index in [1.807, 2.05) is 0 Å². The second-order valence-electron chi connectivity index (χ2n) is 11.8. The zero-order valence-electron chi connectivity index (χ0n) is 24.8. The summed E-state index contributed by atoms with van der Waals surface area (Å²) in [7, 11) is 0. The van der Waals surface area contributed by atoms with Gasteiger partial charge in [0.2, 0.25) is 0 Å². The second kappa shape index (κ2) is 11.2. The van der Waals surface area contributed by atoms with Gasteiger partial charge >= 0.3 is 0 Å². The Bertz CT molecular complexity index is 2560. The summed E-state index contributed by atoms with van der Waals surface area (Å²) >= 11 is 5.19. The summed E-state index contributed by atoms with van der Waals surface area (Å²) < 4.78 is 2.57. The maximum atomic E-state index is 2.63. The third kappa shape index (κ3) is 4.23. The van der Waals surface area contributed by atoms with Gasteiger partial charge < -0.3 is 0 Å². The molecule has 2 heteroatoms. The van der Waals surface area contributed by atoms with Crippen LogP contribution in [-0.4, -0.2) is 0 Å². The topological polar surface area (TPSA) is 0 Å². The van der Waals surface area contributed by atoms with Crippen LogP contribution in [0.25, 0.3) is 87.6 Å². The van der Waals surface area contributed by atoms with Crippen LogP contribution in [0.15, 0.2) is 158 Å². The summed E-state index contributed by atoms with van der Waals surface area (Å²) in [6, 6.07) is 57.8. The molecule has 0 fully saturated rings. The SMILES string of the molecule is Ic1ccc2c3c(-c4ccccc4)c(-c4ccccc4)cc4cccc(c5c(-c6ccccc6)c(-c6ccccc6)c(I)c1c25)c43. The molecule has 46 heavy (non-hydrogen) atoms. The molecule has 0 saturated carbocycles. The number of rotatable bonds is 4. The molecule has 0 nitrogen and oxygen atoms in total. The van der Waals surface area contributed by atoms with Gasteiger partial charge in [0.25, 0.3) is 0 Å². The lowest BCUT2D eigenvalue weighted by Gasteiger charge is -2.25. The first-order chi connectivity index (χ1) is 22.7. The van der Waals surface area contributed by atoms with E-state index in [-0.39, 0.29) is 0 Å². The molecule has 0 unspecified atom stereocenters. The molecule has 0 atom stereocenters. The van der Waals surface area contributed by atoms with Gasteiger partial charge in [-0.2, -0.15) is 0 Å². The first-order valence-corrected chi connectivity index (χ1v) is 17.7. The Morgan fingerprint density at radius 3 is 1.43 bits per heavy atom. The van der Waals surface area contributed by atoms with Gasteiger partial charge in [0, 0.05) is 23.5 Å². The van der Waals surface area contributed by atoms with Gasteiger partial charge in [-0.15, -0.1) is 0 Å². The largest absolute Gasteiger partial charge is 0.0622 e. The fourth-order valence-corrected chi connectivity index (χ4v) is 9.84. The van der Waals surface area contributed by atoms with E-state index in [1.165, 1.54) is 94.7 Å². The van der Waals surface area contributed by atoms with Crippen molar-refractivity contribution in [3.05, 3.63) is 165 Å². The van der Waals surface area contributed by atoms with E-state index in [9.17, 15) is 0 Å². The molecule has 0 aliphatic carbocycles. The Kier molecular flexibility index (Phi) is 6.83. The minimum atomic E-state index is 1.23. The number of halogens is 2. The smallest absolute Gasteiger partial charge is 0.0304 e. The van der Waals surface area contributed by atoms with Crippen molar-refractivity contribution < 1.29 is 0 Å². The molecule has 0 spiro atoms. The molecule has 216 valence electrons. The number of hydrogen-bond donors (Lipinski definition) is 0. The Balaban J connectivity index is 1.61. The van der Waals surface area contributed by atoms with E-state index in [0.29, 0.717) is 0 Å². The molecule has 0 saturated heterocycles. The predicted molar refractivity (Wildman–Crippen MR) is 215 cm³/mol. The number of fused-ring (bicyclic) bond motifs is 2. The Morgan fingerprint density at radius 1 is 0.326 bits per heavy atom. The van der Waals surface area contributed by atoms with E-state index < -0.39 is 0 Å². The highest BCUT2D eigenvalue weighted by molar-refractivity contribution is 14.1. The van der Waals surface area contributed by atoms with Crippen molar-refractivity contribution in [3.8, 4) is 44.5 Å². The van der Waals surface area contributed by atoms with Gasteiger partial charge in [-0.1, -0.05) is 146 Å². The second-order valence-corrected chi connectivity index (χ2v) is 14.1. The van der Waals surface area contributed by atoms with Crippen molar-refractivity contribution in [2.75, 3.05) is 0 Å². The summed E-state index contributed by atoms with van der Waals surface area (Å²) in [4.78, 5) is 0. The quantitative estimate of drug-likeness (QED) is 0.0944. The molecule has 0 heterocycles. The van der Waals surface area contributed by atoms with Gasteiger partial charge in [-0.25, -0.2) is 0 Å². The van der Waals surface area contributed by atoms with E-state index in [0.717, 1.165) is 0 Å². The number of hydrogen-bond acceptors (Lipinski definition) is 0. The summed E-state index contributed by atoms with van der Waals surface area (Å²) in [6.07, 6.45) is 0. The summed E-state index contributed by atoms with van der Waals surface area (Å²) in [5.74, 6) is 0. The first-order valence-electron chi connectivity index (χ1n) is 15.5. The lowest BCUT2D eigenvalue weighted by molar-refractivity contribution is 1.60. The monoisotopic (exact) mass is 808 g/mol. The Morgan fingerprint density at radius 2 is 0.826 bits per heavy atom. The van der Waals surface area contributed by atoms with Gasteiger partial charge in [-0.3, -0.25) is 0 Å². The Hall–Kier alpha value is -4.26. The maximum Gasteiger partial charge on any atom is 0.0304 e. The predicted octanol–water partition coefficient (Wildman–Crippen LogP) is 13.6. The van der Waals surface area contributed by atoms with Crippen LogP contribution in [0, 0.1) is 7.14 Å². The molecule has 0 bridgehead atoms. The molecule has 0 amide bonds. The van der Waals surface area contributed by atoms with Crippen LogP contribution in [0.3, 0.4) is 0 Å². The van der Waals surface area contributed by atoms with Gasteiger partial charge in [-0.05, 0) is 129 Å². The van der Waals surface area contributed by atoms with Crippen molar-refractivity contribution in [1.29, 1.82) is 0 Å². The normalized spacial score (nSPS) is 11.7. The molecule has 0 aliphatic heterocycles. The van der Waals surface area contributed by atoms with E-state index in [4.69, 9.17) is 0 Å². The summed E-state index contributed by atoms with van der Waals surface area (Å²) in [5, 5.41) is 10.5. The van der Waals surface area contributed by atoms with Crippen molar-refractivity contribution >= 4 is 88.3 Å². The molecule has 9 aromatic carbocycles. The summed E-state index contributed by atoms with van der Waals surface area (Å²) in [5.41, 5.74) is 10.1. The van der Waals surface area contributed by atoms with E-state index >= 15 is 0 Å². The van der Waals surface area contributed by atoms with E-state index in [2.05, 4.69) is 203 Å². The van der Waals surface area contributed by atoms with Crippen LogP contribution in [-0.2, 0) is 0 Å². The van der Waals surface area contributed by atoms with Gasteiger partial charge in [0.05, 0.1) is 0 Å². The zero-order chi connectivity index (χ0) is 30.8. The van der Waals surface area contributed by atoms with Gasteiger partial charge in [0.15, 0.2) is 0 Å². The van der Waals surface area contributed by atoms with Crippen LogP contribution in [0.2, 0.25) is 0 Å². The molecular weight excluding hydrogens is 782 g/mol. The lowest BCUT2D eigenvalue weighted by atomic mass is 9.79. The van der Waals surface area contributed by atoms with Crippen LogP contribution < -0.4 is 0 Å². The highest BCUT2D eigenvalue weighted by atomic mass is 127. The highest BCUT2D eigenvalue weighted by Gasteiger charge is 2.26. The van der Waals surface area contributed by atoms with E-state index in [1.54, 1.807) is 0 Å². The van der Waals surface area contributed by atoms with Gasteiger partial charge in [0.1, 0.15) is 0 Å². The minimum Gasteiger partial charge on any atom is -0.0622 e. The molecule has 0 aliphatic rings. The summed E-state index contributed by atoms with van der Waals surface area (Å²) in [6.45, 7) is 0. The highest BCUT2D eigenvalue weighted by Crippen LogP contribution is 2.54. The van der Waals surface area contributed by atoms with Crippen LogP contribution in [0.4, 0.5) is 0 Å². The lowest BCUT2D eigenvalue weighted by Crippen LogP contribution is -1.99. The van der Waals surface area contributed by atoms with Crippen molar-refractivity contribution in [2.45, 2.75) is 0 Å². The fourth-order valence-electron chi connectivity index (χ4n) is 7.47. The first kappa shape index (κ1) is 28.0.